The van der Waals surface area contributed by atoms with E-state index in [1.54, 1.807) is 18.4 Å². The van der Waals surface area contributed by atoms with Gasteiger partial charge in [0, 0.05) is 13.6 Å². The molecule has 0 unspecified atom stereocenters. The lowest BCUT2D eigenvalue weighted by molar-refractivity contribution is -0.137. The summed E-state index contributed by atoms with van der Waals surface area (Å²) in [6.07, 6.45) is -4.37. The Kier molecular flexibility index (Phi) is 9.04. The standard InChI is InChI=1S/C16H18F3N3OS.HI/c1-20-15(22-10-12-5-8-24-11-12)21-6-7-23-14-4-2-3-13(9-14)16(17,18)19;/h2-5,8-9,11H,6-7,10H2,1H3,(H2,20,21,22);1H. The van der Waals surface area contributed by atoms with Gasteiger partial charge in [0.25, 0.3) is 0 Å². The molecule has 1 aromatic carbocycles. The Labute approximate surface area is 165 Å². The maximum absolute atomic E-state index is 12.6. The van der Waals surface area contributed by atoms with Crippen LogP contribution in [0.2, 0.25) is 0 Å². The van der Waals surface area contributed by atoms with Gasteiger partial charge in [0.15, 0.2) is 5.96 Å². The maximum atomic E-state index is 12.6. The second-order valence-corrected chi connectivity index (χ2v) is 5.64. The summed E-state index contributed by atoms with van der Waals surface area (Å²) >= 11 is 1.62. The van der Waals surface area contributed by atoms with Gasteiger partial charge in [-0.15, -0.1) is 24.0 Å². The molecule has 138 valence electrons. The minimum atomic E-state index is -4.37. The number of ether oxygens (including phenoxy) is 1. The third kappa shape index (κ3) is 7.51. The van der Waals surface area contributed by atoms with Crippen LogP contribution in [0.3, 0.4) is 0 Å². The van der Waals surface area contributed by atoms with Crippen LogP contribution in [0.15, 0.2) is 46.1 Å². The van der Waals surface area contributed by atoms with Crippen molar-refractivity contribution < 1.29 is 17.9 Å². The molecule has 2 aromatic rings. The monoisotopic (exact) mass is 485 g/mol. The van der Waals surface area contributed by atoms with Crippen molar-refractivity contribution in [3.8, 4) is 5.75 Å². The fourth-order valence-electron chi connectivity index (χ4n) is 1.90. The smallest absolute Gasteiger partial charge is 0.416 e. The number of thiophene rings is 1. The van der Waals surface area contributed by atoms with E-state index in [1.807, 2.05) is 16.8 Å². The highest BCUT2D eigenvalue weighted by atomic mass is 127. The van der Waals surface area contributed by atoms with Gasteiger partial charge in [-0.05, 0) is 40.6 Å². The van der Waals surface area contributed by atoms with Crippen LogP contribution in [0, 0.1) is 0 Å². The first-order valence-corrected chi connectivity index (χ1v) is 8.19. The van der Waals surface area contributed by atoms with Gasteiger partial charge in [0.2, 0.25) is 0 Å². The predicted octanol–water partition coefficient (Wildman–Crippen LogP) is 4.13. The van der Waals surface area contributed by atoms with E-state index in [0.29, 0.717) is 19.0 Å². The molecule has 0 aliphatic heterocycles. The number of benzene rings is 1. The van der Waals surface area contributed by atoms with Crippen LogP contribution >= 0.6 is 35.3 Å². The van der Waals surface area contributed by atoms with Crippen LogP contribution in [0.4, 0.5) is 13.2 Å². The Morgan fingerprint density at radius 2 is 2.04 bits per heavy atom. The van der Waals surface area contributed by atoms with Gasteiger partial charge in [-0.2, -0.15) is 24.5 Å². The molecule has 1 heterocycles. The molecule has 0 spiro atoms. The molecule has 9 heteroatoms. The first-order valence-electron chi connectivity index (χ1n) is 7.24. The van der Waals surface area contributed by atoms with Crippen molar-refractivity contribution in [2.75, 3.05) is 20.2 Å². The van der Waals surface area contributed by atoms with Crippen LogP contribution in [0.1, 0.15) is 11.1 Å². The Bertz CT molecular complexity index is 663. The number of rotatable bonds is 6. The molecule has 0 saturated carbocycles. The second kappa shape index (κ2) is 10.5. The molecular formula is C16H19F3IN3OS. The lowest BCUT2D eigenvalue weighted by Gasteiger charge is -2.13. The van der Waals surface area contributed by atoms with Crippen LogP contribution < -0.4 is 15.4 Å². The minimum absolute atomic E-state index is 0. The first-order chi connectivity index (χ1) is 11.5. The summed E-state index contributed by atoms with van der Waals surface area (Å²) in [5.74, 6) is 0.793. The average Bonchev–Trinajstić information content (AvgIpc) is 3.07. The Morgan fingerprint density at radius 3 is 2.68 bits per heavy atom. The summed E-state index contributed by atoms with van der Waals surface area (Å²) in [5.41, 5.74) is 0.435. The van der Waals surface area contributed by atoms with Gasteiger partial charge in [-0.3, -0.25) is 4.99 Å². The zero-order valence-corrected chi connectivity index (χ0v) is 16.6. The number of nitrogens with one attached hydrogen (secondary N) is 2. The summed E-state index contributed by atoms with van der Waals surface area (Å²) in [4.78, 5) is 4.07. The van der Waals surface area contributed by atoms with Crippen LogP contribution in [-0.2, 0) is 12.7 Å². The number of alkyl halides is 3. The Hall–Kier alpha value is -1.49. The Balaban J connectivity index is 0.00000312. The number of hydrogen-bond acceptors (Lipinski definition) is 3. The fraction of sp³-hybridized carbons (Fsp3) is 0.312. The molecule has 4 nitrogen and oxygen atoms in total. The molecule has 0 saturated heterocycles. The highest BCUT2D eigenvalue weighted by molar-refractivity contribution is 14.0. The fourth-order valence-corrected chi connectivity index (χ4v) is 2.57. The van der Waals surface area contributed by atoms with E-state index in [4.69, 9.17) is 4.74 Å². The van der Waals surface area contributed by atoms with Crippen molar-refractivity contribution in [1.82, 2.24) is 10.6 Å². The summed E-state index contributed by atoms with van der Waals surface area (Å²) in [6.45, 7) is 1.29. The van der Waals surface area contributed by atoms with Gasteiger partial charge >= 0.3 is 6.18 Å². The SMILES string of the molecule is CN=C(NCCOc1cccc(C(F)(F)F)c1)NCc1ccsc1.I. The van der Waals surface area contributed by atoms with Crippen LogP contribution in [0.5, 0.6) is 5.75 Å². The minimum Gasteiger partial charge on any atom is -0.492 e. The zero-order valence-electron chi connectivity index (χ0n) is 13.5. The van der Waals surface area contributed by atoms with Crippen molar-refractivity contribution in [1.29, 1.82) is 0 Å². The van der Waals surface area contributed by atoms with Crippen molar-refractivity contribution in [2.45, 2.75) is 12.7 Å². The van der Waals surface area contributed by atoms with Crippen LogP contribution in [-0.4, -0.2) is 26.2 Å². The lowest BCUT2D eigenvalue weighted by atomic mass is 10.2. The second-order valence-electron chi connectivity index (χ2n) is 4.86. The quantitative estimate of drug-likeness (QED) is 0.280. The molecule has 0 bridgehead atoms. The third-order valence-corrected chi connectivity index (χ3v) is 3.82. The van der Waals surface area contributed by atoms with E-state index < -0.39 is 11.7 Å². The summed E-state index contributed by atoms with van der Waals surface area (Å²) < 4.78 is 43.2. The van der Waals surface area contributed by atoms with Crippen molar-refractivity contribution in [2.24, 2.45) is 4.99 Å². The van der Waals surface area contributed by atoms with Crippen molar-refractivity contribution in [3.05, 3.63) is 52.2 Å². The Morgan fingerprint density at radius 1 is 1.24 bits per heavy atom. The number of hydrogen-bond donors (Lipinski definition) is 2. The molecule has 0 radical (unpaired) electrons. The van der Waals surface area contributed by atoms with E-state index in [2.05, 4.69) is 15.6 Å². The van der Waals surface area contributed by atoms with E-state index in [0.717, 1.165) is 17.7 Å². The molecule has 2 N–H and O–H groups in total. The van der Waals surface area contributed by atoms with E-state index in [-0.39, 0.29) is 36.3 Å². The normalized spacial score (nSPS) is 11.6. The van der Waals surface area contributed by atoms with Gasteiger partial charge in [-0.1, -0.05) is 6.07 Å². The van der Waals surface area contributed by atoms with E-state index in [1.165, 1.54) is 12.1 Å². The molecule has 0 amide bonds. The van der Waals surface area contributed by atoms with Gasteiger partial charge < -0.3 is 15.4 Å². The molecule has 2 rings (SSSR count). The molecule has 0 fully saturated rings. The highest BCUT2D eigenvalue weighted by Gasteiger charge is 2.30. The molecule has 0 atom stereocenters. The van der Waals surface area contributed by atoms with Gasteiger partial charge in [-0.25, -0.2) is 0 Å². The number of nitrogens with zero attached hydrogens (tertiary/aromatic N) is 1. The molecular weight excluding hydrogens is 466 g/mol. The molecule has 1 aromatic heterocycles. The zero-order chi connectivity index (χ0) is 17.4. The number of guanidine groups is 1. The van der Waals surface area contributed by atoms with Gasteiger partial charge in [0.05, 0.1) is 12.1 Å². The first kappa shape index (κ1) is 21.6. The van der Waals surface area contributed by atoms with Crippen molar-refractivity contribution in [3.63, 3.8) is 0 Å². The molecule has 0 aliphatic rings. The van der Waals surface area contributed by atoms with Crippen molar-refractivity contribution >= 4 is 41.3 Å². The number of halogens is 4. The number of aliphatic imine (C=N–C) groups is 1. The largest absolute Gasteiger partial charge is 0.492 e. The van der Waals surface area contributed by atoms with Gasteiger partial charge in [0.1, 0.15) is 12.4 Å². The highest BCUT2D eigenvalue weighted by Crippen LogP contribution is 2.31. The van der Waals surface area contributed by atoms with Crippen LogP contribution in [0.25, 0.3) is 0 Å². The molecule has 25 heavy (non-hydrogen) atoms. The summed E-state index contributed by atoms with van der Waals surface area (Å²) in [7, 11) is 1.65. The summed E-state index contributed by atoms with van der Waals surface area (Å²) in [6, 6.07) is 6.85. The maximum Gasteiger partial charge on any atom is 0.416 e. The van der Waals surface area contributed by atoms with E-state index in [9.17, 15) is 13.2 Å². The summed E-state index contributed by atoms with van der Waals surface area (Å²) in [5, 5.41) is 10.2. The van der Waals surface area contributed by atoms with E-state index >= 15 is 0 Å². The third-order valence-electron chi connectivity index (χ3n) is 3.09. The molecule has 0 aliphatic carbocycles. The predicted molar refractivity (Wildman–Crippen MR) is 105 cm³/mol. The average molecular weight is 485 g/mol. The lowest BCUT2D eigenvalue weighted by Crippen LogP contribution is -2.38. The topological polar surface area (TPSA) is 45.7 Å².